The van der Waals surface area contributed by atoms with Crippen LogP contribution in [0.1, 0.15) is 13.8 Å². The zero-order valence-corrected chi connectivity index (χ0v) is 11.0. The Morgan fingerprint density at radius 2 is 1.90 bits per heavy atom. The summed E-state index contributed by atoms with van der Waals surface area (Å²) >= 11 is 0. The lowest BCUT2D eigenvalue weighted by molar-refractivity contribution is -0.145. The van der Waals surface area contributed by atoms with Gasteiger partial charge >= 0.3 is 5.97 Å². The number of carboxylic acids is 1. The Morgan fingerprint density at radius 3 is 2.35 bits per heavy atom. The predicted octanol–water partition coefficient (Wildman–Crippen LogP) is 1.52. The van der Waals surface area contributed by atoms with E-state index in [0.717, 1.165) is 12.1 Å². The van der Waals surface area contributed by atoms with Gasteiger partial charge in [-0.05, 0) is 38.1 Å². The molecule has 0 heterocycles. The number of carbonyl (C=O) groups is 2. The average molecular weight is 287 g/mol. The molecule has 0 fully saturated rings. The minimum Gasteiger partial charge on any atom is -0.480 e. The number of benzene rings is 1. The van der Waals surface area contributed by atoms with E-state index in [0.29, 0.717) is 0 Å². The second-order valence-corrected chi connectivity index (χ2v) is 4.58. The first-order valence-corrected chi connectivity index (χ1v) is 5.80. The maximum Gasteiger partial charge on any atom is 0.328 e. The van der Waals surface area contributed by atoms with Crippen molar-refractivity contribution in [3.8, 4) is 5.75 Å². The summed E-state index contributed by atoms with van der Waals surface area (Å²) in [5, 5.41) is 10.7. The van der Waals surface area contributed by atoms with E-state index >= 15 is 0 Å². The number of halogens is 2. The van der Waals surface area contributed by atoms with Crippen molar-refractivity contribution in [2.24, 2.45) is 0 Å². The van der Waals surface area contributed by atoms with Crippen molar-refractivity contribution in [2.75, 3.05) is 6.67 Å². The molecular weight excluding hydrogens is 272 g/mol. The number of carboxylic acid groups (broad SMARTS) is 1. The Labute approximate surface area is 114 Å². The third-order valence-corrected chi connectivity index (χ3v) is 2.49. The van der Waals surface area contributed by atoms with Gasteiger partial charge in [0.15, 0.2) is 11.6 Å². The van der Waals surface area contributed by atoms with E-state index in [2.05, 4.69) is 0 Å². The molecule has 110 valence electrons. The highest BCUT2D eigenvalue weighted by Crippen LogP contribution is 2.19. The first kappa shape index (κ1) is 15.9. The quantitative estimate of drug-likeness (QED) is 0.832. The fraction of sp³-hybridized carbons (Fsp3) is 0.385. The van der Waals surface area contributed by atoms with E-state index in [1.165, 1.54) is 26.0 Å². The third-order valence-electron chi connectivity index (χ3n) is 2.49. The predicted molar refractivity (Wildman–Crippen MR) is 66.6 cm³/mol. The summed E-state index contributed by atoms with van der Waals surface area (Å²) in [6.45, 7) is 1.55. The van der Waals surface area contributed by atoms with E-state index in [-0.39, 0.29) is 5.75 Å². The molecule has 7 heteroatoms. The minimum absolute atomic E-state index is 0.235. The largest absolute Gasteiger partial charge is 0.480 e. The van der Waals surface area contributed by atoms with Gasteiger partial charge in [0.25, 0.3) is 5.91 Å². The molecule has 0 spiro atoms. The van der Waals surface area contributed by atoms with Crippen LogP contribution in [0.15, 0.2) is 24.3 Å². The molecule has 1 atom stereocenters. The van der Waals surface area contributed by atoms with Crippen LogP contribution in [-0.2, 0) is 9.59 Å². The number of amides is 1. The second kappa shape index (κ2) is 6.31. The Morgan fingerprint density at radius 1 is 1.35 bits per heavy atom. The van der Waals surface area contributed by atoms with Crippen molar-refractivity contribution in [1.29, 1.82) is 0 Å². The van der Waals surface area contributed by atoms with Gasteiger partial charge in [-0.1, -0.05) is 0 Å². The molecule has 2 N–H and O–H groups in total. The maximum absolute atomic E-state index is 12.7. The minimum atomic E-state index is -1.63. The molecule has 1 aromatic rings. The molecule has 1 amide bonds. The Hall–Kier alpha value is -2.18. The van der Waals surface area contributed by atoms with Gasteiger partial charge in [0, 0.05) is 0 Å². The number of alkyl halides is 1. The van der Waals surface area contributed by atoms with Gasteiger partial charge in [0.1, 0.15) is 18.2 Å². The molecule has 5 nitrogen and oxygen atoms in total. The molecule has 0 saturated carbocycles. The van der Waals surface area contributed by atoms with E-state index in [4.69, 9.17) is 9.84 Å². The summed E-state index contributed by atoms with van der Waals surface area (Å²) in [6.07, 6.45) is 0. The first-order chi connectivity index (χ1) is 9.26. The van der Waals surface area contributed by atoms with E-state index in [9.17, 15) is 18.4 Å². The van der Waals surface area contributed by atoms with Crippen LogP contribution in [0.25, 0.3) is 0 Å². The molecule has 0 aromatic heterocycles. The summed E-state index contributed by atoms with van der Waals surface area (Å²) in [7, 11) is 0. The number of rotatable bonds is 6. The fourth-order valence-electron chi connectivity index (χ4n) is 1.34. The number of nitrogens with one attached hydrogen (secondary N) is 1. The molecule has 1 rings (SSSR count). The van der Waals surface area contributed by atoms with Crippen LogP contribution in [0.5, 0.6) is 5.75 Å². The van der Waals surface area contributed by atoms with Gasteiger partial charge in [-0.2, -0.15) is 0 Å². The summed E-state index contributed by atoms with van der Waals surface area (Å²) in [4.78, 5) is 22.5. The maximum atomic E-state index is 12.7. The smallest absolute Gasteiger partial charge is 0.328 e. The van der Waals surface area contributed by atoms with Gasteiger partial charge in [-0.15, -0.1) is 0 Å². The van der Waals surface area contributed by atoms with E-state index < -0.39 is 36.0 Å². The molecule has 0 saturated heterocycles. The fourth-order valence-corrected chi connectivity index (χ4v) is 1.34. The van der Waals surface area contributed by atoms with Crippen molar-refractivity contribution in [3.05, 3.63) is 30.1 Å². The van der Waals surface area contributed by atoms with Gasteiger partial charge in [0.05, 0.1) is 0 Å². The normalized spacial score (nSPS) is 12.6. The van der Waals surface area contributed by atoms with Crippen LogP contribution in [0.4, 0.5) is 8.78 Å². The van der Waals surface area contributed by atoms with Gasteiger partial charge < -0.3 is 15.2 Å². The van der Waals surface area contributed by atoms with E-state index in [1.54, 1.807) is 0 Å². The van der Waals surface area contributed by atoms with E-state index in [1.807, 2.05) is 5.32 Å². The SMILES string of the molecule is CC(C)(Oc1ccc(F)cc1)C(=O)NC(CF)C(=O)O. The zero-order chi connectivity index (χ0) is 15.3. The van der Waals surface area contributed by atoms with Crippen LogP contribution >= 0.6 is 0 Å². The summed E-state index contributed by atoms with van der Waals surface area (Å²) < 4.78 is 30.5. The number of aliphatic carboxylic acids is 1. The van der Waals surface area contributed by atoms with Crippen molar-refractivity contribution in [2.45, 2.75) is 25.5 Å². The van der Waals surface area contributed by atoms with Crippen LogP contribution < -0.4 is 10.1 Å². The second-order valence-electron chi connectivity index (χ2n) is 4.58. The van der Waals surface area contributed by atoms with Crippen molar-refractivity contribution in [3.63, 3.8) is 0 Å². The van der Waals surface area contributed by atoms with Gasteiger partial charge in [0.2, 0.25) is 0 Å². The summed E-state index contributed by atoms with van der Waals surface area (Å²) in [5.74, 6) is -2.48. The summed E-state index contributed by atoms with van der Waals surface area (Å²) in [5.41, 5.74) is -1.43. The molecule has 0 bridgehead atoms. The molecule has 20 heavy (non-hydrogen) atoms. The number of hydrogen-bond donors (Lipinski definition) is 2. The Bertz CT molecular complexity index is 488. The standard InChI is InChI=1S/C13H15F2NO4/c1-13(2,12(19)16-10(7-14)11(17)18)20-9-5-3-8(15)4-6-9/h3-6,10H,7H2,1-2H3,(H,16,19)(H,17,18). The average Bonchev–Trinajstić information content (AvgIpc) is 2.37. The topological polar surface area (TPSA) is 75.6 Å². The Balaban J connectivity index is 2.74. The molecule has 1 aromatic carbocycles. The lowest BCUT2D eigenvalue weighted by Crippen LogP contribution is -2.53. The lowest BCUT2D eigenvalue weighted by Gasteiger charge is -2.26. The molecule has 0 aliphatic rings. The first-order valence-electron chi connectivity index (χ1n) is 5.80. The van der Waals surface area contributed by atoms with Gasteiger partial charge in [-0.25, -0.2) is 13.6 Å². The van der Waals surface area contributed by atoms with Crippen molar-refractivity contribution in [1.82, 2.24) is 5.32 Å². The lowest BCUT2D eigenvalue weighted by atomic mass is 10.1. The highest BCUT2D eigenvalue weighted by Gasteiger charge is 2.33. The van der Waals surface area contributed by atoms with Crippen LogP contribution in [0.2, 0.25) is 0 Å². The van der Waals surface area contributed by atoms with Crippen LogP contribution in [0, 0.1) is 5.82 Å². The monoisotopic (exact) mass is 287 g/mol. The molecule has 1 unspecified atom stereocenters. The highest BCUT2D eigenvalue weighted by atomic mass is 19.1. The molecular formula is C13H15F2NO4. The Kier molecular flexibility index (Phi) is 5.01. The molecule has 0 aliphatic heterocycles. The molecule has 0 radical (unpaired) electrons. The number of carbonyl (C=O) groups excluding carboxylic acids is 1. The summed E-state index contributed by atoms with van der Waals surface area (Å²) in [6, 6.07) is 3.34. The molecule has 0 aliphatic carbocycles. The van der Waals surface area contributed by atoms with Crippen molar-refractivity contribution >= 4 is 11.9 Å². The van der Waals surface area contributed by atoms with Gasteiger partial charge in [-0.3, -0.25) is 4.79 Å². The highest BCUT2D eigenvalue weighted by molar-refractivity contribution is 5.89. The number of hydrogen-bond acceptors (Lipinski definition) is 3. The zero-order valence-electron chi connectivity index (χ0n) is 11.0. The van der Waals surface area contributed by atoms with Crippen LogP contribution in [-0.4, -0.2) is 35.3 Å². The van der Waals surface area contributed by atoms with Crippen LogP contribution in [0.3, 0.4) is 0 Å². The van der Waals surface area contributed by atoms with Crippen molar-refractivity contribution < 1.29 is 28.2 Å². The number of ether oxygens (including phenoxy) is 1. The third kappa shape index (κ3) is 4.18.